The first-order chi connectivity index (χ1) is 16.0. The number of fused-ring (bicyclic) bond motifs is 1. The van der Waals surface area contributed by atoms with Crippen LogP contribution in [-0.4, -0.2) is 20.9 Å². The van der Waals surface area contributed by atoms with Gasteiger partial charge in [0.2, 0.25) is 0 Å². The maximum Gasteiger partial charge on any atom is 0.338 e. The van der Waals surface area contributed by atoms with Gasteiger partial charge in [0.25, 0.3) is 0 Å². The van der Waals surface area contributed by atoms with Crippen molar-refractivity contribution in [3.05, 3.63) is 136 Å². The lowest BCUT2D eigenvalue weighted by Crippen LogP contribution is -2.38. The predicted octanol–water partition coefficient (Wildman–Crippen LogP) is 6.48. The van der Waals surface area contributed by atoms with E-state index in [1.807, 2.05) is 91.0 Å². The minimum atomic E-state index is -1.32. The van der Waals surface area contributed by atoms with Crippen LogP contribution in [0.15, 0.2) is 108 Å². The zero-order valence-corrected chi connectivity index (χ0v) is 18.9. The summed E-state index contributed by atoms with van der Waals surface area (Å²) in [6, 6.07) is 32.3. The molecule has 0 spiro atoms. The lowest BCUT2D eigenvalue weighted by molar-refractivity contribution is 0.0692. The number of benzene rings is 4. The maximum atomic E-state index is 14.9. The van der Waals surface area contributed by atoms with Crippen molar-refractivity contribution < 1.29 is 14.3 Å². The van der Waals surface area contributed by atoms with E-state index < -0.39 is 22.9 Å². The summed E-state index contributed by atoms with van der Waals surface area (Å²) in [5.74, 6) is -2.14. The first-order valence-electron chi connectivity index (χ1n) is 10.3. The van der Waals surface area contributed by atoms with Gasteiger partial charge in [-0.1, -0.05) is 91.0 Å². The molecule has 5 aromatic rings. The molecule has 1 N–H and O–H groups in total. The Balaban J connectivity index is 1.97. The molecule has 0 atom stereocenters. The fourth-order valence-electron chi connectivity index (χ4n) is 4.42. The molecular formula is C27H18BrFN2O2. The van der Waals surface area contributed by atoms with Crippen LogP contribution < -0.4 is 0 Å². The number of hydrogen-bond acceptors (Lipinski definition) is 2. The first kappa shape index (κ1) is 21.1. The summed E-state index contributed by atoms with van der Waals surface area (Å²) in [6.07, 6.45) is 0. The Morgan fingerprint density at radius 2 is 1.27 bits per heavy atom. The Morgan fingerprint density at radius 1 is 0.818 bits per heavy atom. The van der Waals surface area contributed by atoms with Gasteiger partial charge in [-0.15, -0.1) is 0 Å². The van der Waals surface area contributed by atoms with E-state index in [-0.39, 0.29) is 0 Å². The Morgan fingerprint density at radius 3 is 1.70 bits per heavy atom. The molecule has 1 heterocycles. The van der Waals surface area contributed by atoms with Gasteiger partial charge in [0.1, 0.15) is 16.0 Å². The third-order valence-electron chi connectivity index (χ3n) is 5.85. The Kier molecular flexibility index (Phi) is 5.30. The molecule has 0 saturated heterocycles. The zero-order chi connectivity index (χ0) is 23.0. The number of aromatic nitrogens is 2. The summed E-state index contributed by atoms with van der Waals surface area (Å²) >= 11 is 3.49. The highest BCUT2D eigenvalue weighted by Crippen LogP contribution is 2.43. The van der Waals surface area contributed by atoms with Crippen LogP contribution in [0.3, 0.4) is 0 Å². The van der Waals surface area contributed by atoms with Crippen molar-refractivity contribution in [2.24, 2.45) is 0 Å². The molecule has 0 aliphatic heterocycles. The number of rotatable bonds is 5. The van der Waals surface area contributed by atoms with Crippen molar-refractivity contribution in [3.8, 4) is 0 Å². The number of halogens is 2. The standard InChI is InChI=1S/C27H18BrFN2O2/c28-25-22-16-21(26(32)33)23(29)17-24(22)31(30-25)27(18-10-4-1-5-11-18,19-12-6-2-7-13-19)20-14-8-3-9-15-20/h1-17H,(H,32,33). The second-order valence-electron chi connectivity index (χ2n) is 7.67. The second kappa shape index (κ2) is 8.30. The van der Waals surface area contributed by atoms with Crippen molar-refractivity contribution in [2.45, 2.75) is 5.54 Å². The highest BCUT2D eigenvalue weighted by Gasteiger charge is 2.41. The van der Waals surface area contributed by atoms with Crippen molar-refractivity contribution in [1.82, 2.24) is 9.78 Å². The van der Waals surface area contributed by atoms with Gasteiger partial charge in [0.05, 0.1) is 11.1 Å². The molecule has 4 aromatic carbocycles. The minimum absolute atomic E-state index is 0.396. The summed E-state index contributed by atoms with van der Waals surface area (Å²) in [5.41, 5.74) is 1.94. The highest BCUT2D eigenvalue weighted by atomic mass is 79.9. The molecule has 0 aliphatic rings. The molecule has 4 nitrogen and oxygen atoms in total. The van der Waals surface area contributed by atoms with Crippen LogP contribution in [0.25, 0.3) is 10.9 Å². The van der Waals surface area contributed by atoms with Crippen LogP contribution in [-0.2, 0) is 5.54 Å². The van der Waals surface area contributed by atoms with Crippen LogP contribution in [0.5, 0.6) is 0 Å². The number of carbonyl (C=O) groups is 1. The van der Waals surface area contributed by atoms with Crippen molar-refractivity contribution in [3.63, 3.8) is 0 Å². The summed E-state index contributed by atoms with van der Waals surface area (Å²) in [7, 11) is 0. The third kappa shape index (κ3) is 3.34. The van der Waals surface area contributed by atoms with Gasteiger partial charge in [0, 0.05) is 11.5 Å². The molecule has 33 heavy (non-hydrogen) atoms. The van der Waals surface area contributed by atoms with Gasteiger partial charge in [-0.25, -0.2) is 13.9 Å². The van der Waals surface area contributed by atoms with E-state index in [9.17, 15) is 14.3 Å². The first-order valence-corrected chi connectivity index (χ1v) is 11.1. The molecule has 6 heteroatoms. The molecule has 162 valence electrons. The number of hydrogen-bond donors (Lipinski definition) is 1. The Hall–Kier alpha value is -3.77. The van der Waals surface area contributed by atoms with E-state index in [4.69, 9.17) is 5.10 Å². The van der Waals surface area contributed by atoms with Gasteiger partial charge >= 0.3 is 5.97 Å². The fourth-order valence-corrected chi connectivity index (χ4v) is 4.90. The van der Waals surface area contributed by atoms with E-state index in [2.05, 4.69) is 15.9 Å². The van der Waals surface area contributed by atoms with Crippen LogP contribution in [0.2, 0.25) is 0 Å². The van der Waals surface area contributed by atoms with Crippen LogP contribution in [0, 0.1) is 5.82 Å². The van der Waals surface area contributed by atoms with E-state index in [1.165, 1.54) is 12.1 Å². The summed E-state index contributed by atoms with van der Waals surface area (Å²) in [5, 5.41) is 14.8. The molecule has 0 aliphatic carbocycles. The SMILES string of the molecule is O=C(O)c1cc2c(Br)nn(C(c3ccccc3)(c3ccccc3)c3ccccc3)c2cc1F. The summed E-state index contributed by atoms with van der Waals surface area (Å²) in [6.45, 7) is 0. The molecule has 0 saturated carbocycles. The van der Waals surface area contributed by atoms with Gasteiger partial charge in [-0.05, 0) is 38.7 Å². The van der Waals surface area contributed by atoms with Crippen LogP contribution in [0.4, 0.5) is 4.39 Å². The van der Waals surface area contributed by atoms with Gasteiger partial charge in [0.15, 0.2) is 0 Å². The van der Waals surface area contributed by atoms with E-state index in [0.29, 0.717) is 15.5 Å². The van der Waals surface area contributed by atoms with Gasteiger partial charge < -0.3 is 5.11 Å². The summed E-state index contributed by atoms with van der Waals surface area (Å²) in [4.78, 5) is 11.6. The largest absolute Gasteiger partial charge is 0.478 e. The number of nitrogens with zero attached hydrogens (tertiary/aromatic N) is 2. The Labute approximate surface area is 198 Å². The average molecular weight is 501 g/mol. The average Bonchev–Trinajstić information content (AvgIpc) is 3.16. The van der Waals surface area contributed by atoms with Crippen LogP contribution >= 0.6 is 15.9 Å². The molecule has 5 rings (SSSR count). The molecular weight excluding hydrogens is 483 g/mol. The number of carboxylic acid groups (broad SMARTS) is 1. The van der Waals surface area contributed by atoms with E-state index >= 15 is 0 Å². The molecule has 0 amide bonds. The lowest BCUT2D eigenvalue weighted by Gasteiger charge is -2.37. The fraction of sp³-hybridized carbons (Fsp3) is 0.0370. The molecule has 0 bridgehead atoms. The zero-order valence-electron chi connectivity index (χ0n) is 17.3. The third-order valence-corrected chi connectivity index (χ3v) is 6.43. The van der Waals surface area contributed by atoms with Crippen LogP contribution in [0.1, 0.15) is 27.0 Å². The quantitative estimate of drug-likeness (QED) is 0.281. The summed E-state index contributed by atoms with van der Waals surface area (Å²) < 4.78 is 17.1. The number of aromatic carboxylic acids is 1. The molecule has 0 unspecified atom stereocenters. The maximum absolute atomic E-state index is 14.9. The molecule has 0 fully saturated rings. The highest BCUT2D eigenvalue weighted by molar-refractivity contribution is 9.10. The van der Waals surface area contributed by atoms with Crippen molar-refractivity contribution in [1.29, 1.82) is 0 Å². The number of carboxylic acids is 1. The van der Waals surface area contributed by atoms with Crippen molar-refractivity contribution >= 4 is 32.8 Å². The van der Waals surface area contributed by atoms with Gasteiger partial charge in [-0.3, -0.25) is 0 Å². The van der Waals surface area contributed by atoms with E-state index in [1.54, 1.807) is 4.68 Å². The Bertz CT molecular complexity index is 1360. The smallest absolute Gasteiger partial charge is 0.338 e. The monoisotopic (exact) mass is 500 g/mol. The predicted molar refractivity (Wildman–Crippen MR) is 129 cm³/mol. The molecule has 0 radical (unpaired) electrons. The minimum Gasteiger partial charge on any atom is -0.478 e. The lowest BCUT2D eigenvalue weighted by atomic mass is 9.77. The second-order valence-corrected chi connectivity index (χ2v) is 8.42. The molecule has 1 aromatic heterocycles. The normalized spacial score (nSPS) is 11.6. The van der Waals surface area contributed by atoms with Crippen molar-refractivity contribution in [2.75, 3.05) is 0 Å². The van der Waals surface area contributed by atoms with E-state index in [0.717, 1.165) is 16.7 Å². The van der Waals surface area contributed by atoms with Gasteiger partial charge in [-0.2, -0.15) is 5.10 Å². The topological polar surface area (TPSA) is 55.1 Å².